The van der Waals surface area contributed by atoms with Gasteiger partial charge in [-0.15, -0.1) is 11.3 Å². The van der Waals surface area contributed by atoms with Gasteiger partial charge in [-0.2, -0.15) is 0 Å². The van der Waals surface area contributed by atoms with E-state index in [0.29, 0.717) is 15.7 Å². The molecule has 0 spiro atoms. The van der Waals surface area contributed by atoms with Crippen molar-refractivity contribution in [2.75, 3.05) is 0 Å². The summed E-state index contributed by atoms with van der Waals surface area (Å²) >= 11 is 14.8. The molecule has 3 rings (SSSR count). The fraction of sp³-hybridized carbons (Fsp3) is 0.0588. The van der Waals surface area contributed by atoms with Crippen molar-refractivity contribution in [3.05, 3.63) is 64.3 Å². The molecule has 0 bridgehead atoms. The number of halogens is 2. The number of carboxylic acids is 1. The highest BCUT2D eigenvalue weighted by Crippen LogP contribution is 2.39. The summed E-state index contributed by atoms with van der Waals surface area (Å²) in [5, 5.41) is 11.2. The topological polar surface area (TPSA) is 50.2 Å². The second-order valence-corrected chi connectivity index (χ2v) is 8.10. The Labute approximate surface area is 157 Å². The number of nitrogens with zero attached hydrogens (tertiary/aromatic N) is 1. The fourth-order valence-electron chi connectivity index (χ4n) is 2.00. The highest BCUT2D eigenvalue weighted by atomic mass is 35.5. The molecule has 3 aromatic rings. The maximum Gasteiger partial charge on any atom is 0.309 e. The van der Waals surface area contributed by atoms with Gasteiger partial charge >= 0.3 is 5.97 Å². The standard InChI is InChI=1S/C17H11Cl2NO2S2/c18-11-3-1-10(2-4-11)16-20-14(9-15(21)22)17(24-16)23-13-7-5-12(19)6-8-13/h1-8H,9H2,(H,21,22). The fourth-order valence-corrected chi connectivity index (χ4v) is 4.49. The van der Waals surface area contributed by atoms with Crippen LogP contribution in [0.1, 0.15) is 5.69 Å². The van der Waals surface area contributed by atoms with Crippen LogP contribution < -0.4 is 0 Å². The summed E-state index contributed by atoms with van der Waals surface area (Å²) in [6.45, 7) is 0. The molecule has 0 saturated heterocycles. The molecule has 122 valence electrons. The van der Waals surface area contributed by atoms with Crippen LogP contribution in [-0.4, -0.2) is 16.1 Å². The van der Waals surface area contributed by atoms with E-state index in [1.807, 2.05) is 36.4 Å². The van der Waals surface area contributed by atoms with Crippen molar-refractivity contribution in [2.45, 2.75) is 15.5 Å². The average molecular weight is 396 g/mol. The number of carboxylic acid groups (broad SMARTS) is 1. The minimum atomic E-state index is -0.902. The lowest BCUT2D eigenvalue weighted by Gasteiger charge is -2.00. The molecule has 24 heavy (non-hydrogen) atoms. The predicted molar refractivity (Wildman–Crippen MR) is 99.5 cm³/mol. The van der Waals surface area contributed by atoms with Crippen molar-refractivity contribution in [1.29, 1.82) is 0 Å². The Hall–Kier alpha value is -1.53. The lowest BCUT2D eigenvalue weighted by atomic mass is 10.2. The van der Waals surface area contributed by atoms with Gasteiger partial charge in [-0.25, -0.2) is 4.98 Å². The molecule has 0 aliphatic heterocycles. The molecular weight excluding hydrogens is 385 g/mol. The van der Waals surface area contributed by atoms with E-state index >= 15 is 0 Å². The number of rotatable bonds is 5. The average Bonchev–Trinajstić information content (AvgIpc) is 2.92. The summed E-state index contributed by atoms with van der Waals surface area (Å²) in [5.41, 5.74) is 1.48. The molecule has 0 atom stereocenters. The Morgan fingerprint density at radius 3 is 2.21 bits per heavy atom. The molecule has 7 heteroatoms. The molecular formula is C17H11Cl2NO2S2. The van der Waals surface area contributed by atoms with Crippen LogP contribution in [0.5, 0.6) is 0 Å². The van der Waals surface area contributed by atoms with Crippen LogP contribution in [0.25, 0.3) is 10.6 Å². The second kappa shape index (κ2) is 7.57. The quantitative estimate of drug-likeness (QED) is 0.584. The number of benzene rings is 2. The van der Waals surface area contributed by atoms with Crippen LogP contribution in [0, 0.1) is 0 Å². The first-order valence-corrected chi connectivity index (χ1v) is 9.31. The van der Waals surface area contributed by atoms with Crippen molar-refractivity contribution in [1.82, 2.24) is 4.98 Å². The van der Waals surface area contributed by atoms with E-state index < -0.39 is 5.97 Å². The third-order valence-corrected chi connectivity index (χ3v) is 5.97. The Bertz CT molecular complexity index is 861. The van der Waals surface area contributed by atoms with Crippen molar-refractivity contribution in [3.63, 3.8) is 0 Å². The molecule has 0 aliphatic carbocycles. The van der Waals surface area contributed by atoms with Gasteiger partial charge in [-0.1, -0.05) is 47.1 Å². The van der Waals surface area contributed by atoms with E-state index in [2.05, 4.69) is 4.98 Å². The number of thiazole rings is 1. The third-order valence-electron chi connectivity index (χ3n) is 3.10. The predicted octanol–water partition coefficient (Wildman–Crippen LogP) is 5.90. The van der Waals surface area contributed by atoms with E-state index in [9.17, 15) is 4.79 Å². The normalized spacial score (nSPS) is 10.8. The molecule has 1 N–H and O–H groups in total. The van der Waals surface area contributed by atoms with Crippen LogP contribution in [-0.2, 0) is 11.2 Å². The zero-order valence-electron chi connectivity index (χ0n) is 12.2. The molecule has 3 nitrogen and oxygen atoms in total. The third kappa shape index (κ3) is 4.30. The summed E-state index contributed by atoms with van der Waals surface area (Å²) < 4.78 is 0.865. The minimum absolute atomic E-state index is 0.111. The lowest BCUT2D eigenvalue weighted by Crippen LogP contribution is -2.01. The molecule has 0 unspecified atom stereocenters. The number of hydrogen-bond donors (Lipinski definition) is 1. The summed E-state index contributed by atoms with van der Waals surface area (Å²) in [7, 11) is 0. The van der Waals surface area contributed by atoms with Gasteiger partial charge in [0.2, 0.25) is 0 Å². The van der Waals surface area contributed by atoms with Gasteiger partial charge in [-0.3, -0.25) is 4.79 Å². The van der Waals surface area contributed by atoms with Gasteiger partial charge < -0.3 is 5.11 Å². The Balaban J connectivity index is 1.95. The van der Waals surface area contributed by atoms with E-state index in [-0.39, 0.29) is 6.42 Å². The summed E-state index contributed by atoms with van der Waals surface area (Å²) in [6.07, 6.45) is -0.111. The van der Waals surface area contributed by atoms with Gasteiger partial charge in [0.25, 0.3) is 0 Å². The number of aliphatic carboxylic acids is 1. The zero-order valence-corrected chi connectivity index (χ0v) is 15.3. The highest BCUT2D eigenvalue weighted by Gasteiger charge is 2.16. The summed E-state index contributed by atoms with van der Waals surface area (Å²) in [4.78, 5) is 16.6. The van der Waals surface area contributed by atoms with Gasteiger partial charge in [0.1, 0.15) is 5.01 Å². The maximum atomic E-state index is 11.1. The first-order valence-electron chi connectivity index (χ1n) is 6.92. The largest absolute Gasteiger partial charge is 0.481 e. The number of carbonyl (C=O) groups is 1. The van der Waals surface area contributed by atoms with E-state index in [0.717, 1.165) is 19.7 Å². The molecule has 0 amide bonds. The van der Waals surface area contributed by atoms with E-state index in [1.165, 1.54) is 23.1 Å². The smallest absolute Gasteiger partial charge is 0.309 e. The Morgan fingerprint density at radius 1 is 1.04 bits per heavy atom. The van der Waals surface area contributed by atoms with Gasteiger partial charge in [0.05, 0.1) is 16.3 Å². The van der Waals surface area contributed by atoms with Gasteiger partial charge in [0.15, 0.2) is 0 Å². The van der Waals surface area contributed by atoms with Crippen molar-refractivity contribution in [3.8, 4) is 10.6 Å². The second-order valence-electron chi connectivity index (χ2n) is 4.89. The van der Waals surface area contributed by atoms with Gasteiger partial charge in [0, 0.05) is 20.5 Å². The Morgan fingerprint density at radius 2 is 1.62 bits per heavy atom. The Kier molecular flexibility index (Phi) is 5.46. The number of aromatic nitrogens is 1. The summed E-state index contributed by atoms with van der Waals surface area (Å²) in [5.74, 6) is -0.902. The monoisotopic (exact) mass is 395 g/mol. The molecule has 0 fully saturated rings. The zero-order chi connectivity index (χ0) is 17.1. The van der Waals surface area contributed by atoms with Gasteiger partial charge in [-0.05, 0) is 36.4 Å². The van der Waals surface area contributed by atoms with Crippen molar-refractivity contribution < 1.29 is 9.90 Å². The molecule has 0 aliphatic rings. The summed E-state index contributed by atoms with van der Waals surface area (Å²) in [6, 6.07) is 14.8. The van der Waals surface area contributed by atoms with E-state index in [4.69, 9.17) is 28.3 Å². The van der Waals surface area contributed by atoms with Crippen LogP contribution in [0.15, 0.2) is 57.6 Å². The van der Waals surface area contributed by atoms with Crippen LogP contribution in [0.2, 0.25) is 10.0 Å². The van der Waals surface area contributed by atoms with Crippen molar-refractivity contribution >= 4 is 52.3 Å². The number of hydrogen-bond acceptors (Lipinski definition) is 4. The van der Waals surface area contributed by atoms with Crippen LogP contribution >= 0.6 is 46.3 Å². The molecule has 1 aromatic heterocycles. The molecule has 1 heterocycles. The first kappa shape index (κ1) is 17.3. The maximum absolute atomic E-state index is 11.1. The molecule has 2 aromatic carbocycles. The van der Waals surface area contributed by atoms with Crippen molar-refractivity contribution in [2.24, 2.45) is 0 Å². The first-order chi connectivity index (χ1) is 11.5. The SMILES string of the molecule is O=C(O)Cc1nc(-c2ccc(Cl)cc2)sc1Sc1ccc(Cl)cc1. The molecule has 0 saturated carbocycles. The highest BCUT2D eigenvalue weighted by molar-refractivity contribution is 8.01. The lowest BCUT2D eigenvalue weighted by molar-refractivity contribution is -0.136. The van der Waals surface area contributed by atoms with Crippen LogP contribution in [0.4, 0.5) is 0 Å². The van der Waals surface area contributed by atoms with E-state index in [1.54, 1.807) is 12.1 Å². The molecule has 0 radical (unpaired) electrons. The van der Waals surface area contributed by atoms with Crippen LogP contribution in [0.3, 0.4) is 0 Å². The minimum Gasteiger partial charge on any atom is -0.481 e.